The number of nitrogens with two attached hydrogens (primary N) is 3. The van der Waals surface area contributed by atoms with E-state index >= 15 is 0 Å². The summed E-state index contributed by atoms with van der Waals surface area (Å²) in [7, 11) is 0. The molecule has 0 radical (unpaired) electrons. The van der Waals surface area contributed by atoms with Crippen LogP contribution in [0.4, 0.5) is 18.9 Å². The van der Waals surface area contributed by atoms with E-state index in [1.807, 2.05) is 0 Å². The predicted molar refractivity (Wildman–Crippen MR) is 113 cm³/mol. The van der Waals surface area contributed by atoms with Gasteiger partial charge in [-0.05, 0) is 59.3 Å². The standard InChI is InChI=1S/C19H16N4O3.C2HF3O2/c20-17(24)14-2-1-13-10-16(8-5-12(13)9-14)26-18(25)11-3-6-15(7-4-11)23-19(21)22;3-2(4,5)1(6)7/h1-10H,(H2,20,24)(H4,21,22,23);(H,6,7). The molecule has 0 aliphatic rings. The zero-order valence-electron chi connectivity index (χ0n) is 16.7. The lowest BCUT2D eigenvalue weighted by atomic mass is 10.1. The van der Waals surface area contributed by atoms with E-state index in [-0.39, 0.29) is 5.96 Å². The largest absolute Gasteiger partial charge is 0.490 e. The number of guanidine groups is 1. The number of halogens is 3. The molecule has 33 heavy (non-hydrogen) atoms. The second-order valence-electron chi connectivity index (χ2n) is 6.36. The molecule has 7 N–H and O–H groups in total. The number of carboxylic acids is 1. The number of primary amides is 1. The molecule has 12 heteroatoms. The average Bonchev–Trinajstić information content (AvgIpc) is 2.73. The van der Waals surface area contributed by atoms with Gasteiger partial charge in [-0.1, -0.05) is 12.1 Å². The summed E-state index contributed by atoms with van der Waals surface area (Å²) in [6.45, 7) is 0. The summed E-state index contributed by atoms with van der Waals surface area (Å²) >= 11 is 0. The number of rotatable bonds is 4. The number of carboxylic acid groups (broad SMARTS) is 1. The SMILES string of the molecule is NC(=O)c1ccc2cc(OC(=O)c3ccc(N=C(N)N)cc3)ccc2c1.O=C(O)C(F)(F)F. The molecule has 9 nitrogen and oxygen atoms in total. The number of alkyl halides is 3. The van der Waals surface area contributed by atoms with Crippen LogP contribution in [0.3, 0.4) is 0 Å². The van der Waals surface area contributed by atoms with Crippen LogP contribution in [0.2, 0.25) is 0 Å². The van der Waals surface area contributed by atoms with E-state index in [1.54, 1.807) is 60.7 Å². The molecule has 1 amide bonds. The number of benzene rings is 3. The van der Waals surface area contributed by atoms with Gasteiger partial charge < -0.3 is 27.0 Å². The number of hydrogen-bond acceptors (Lipinski definition) is 5. The maximum Gasteiger partial charge on any atom is 0.490 e. The molecule has 0 unspecified atom stereocenters. The van der Waals surface area contributed by atoms with E-state index in [2.05, 4.69) is 4.99 Å². The molecule has 0 heterocycles. The Balaban J connectivity index is 0.000000479. The smallest absolute Gasteiger partial charge is 0.475 e. The van der Waals surface area contributed by atoms with Gasteiger partial charge in [-0.15, -0.1) is 0 Å². The normalized spacial score (nSPS) is 10.5. The van der Waals surface area contributed by atoms with Gasteiger partial charge in [0.05, 0.1) is 11.3 Å². The highest BCUT2D eigenvalue weighted by atomic mass is 19.4. The van der Waals surface area contributed by atoms with Gasteiger partial charge in [-0.25, -0.2) is 14.6 Å². The summed E-state index contributed by atoms with van der Waals surface area (Å²) in [5.74, 6) is -3.42. The fourth-order valence-electron chi connectivity index (χ4n) is 2.43. The Bertz CT molecular complexity index is 1220. The quantitative estimate of drug-likeness (QED) is 0.200. The molecule has 0 bridgehead atoms. The summed E-state index contributed by atoms with van der Waals surface area (Å²) in [5.41, 5.74) is 17.2. The van der Waals surface area contributed by atoms with Crippen LogP contribution in [-0.2, 0) is 4.79 Å². The van der Waals surface area contributed by atoms with Crippen LogP contribution in [-0.4, -0.2) is 35.1 Å². The molecule has 0 atom stereocenters. The fourth-order valence-corrected chi connectivity index (χ4v) is 2.43. The number of esters is 1. The molecule has 3 aromatic carbocycles. The maximum absolute atomic E-state index is 12.3. The van der Waals surface area contributed by atoms with Gasteiger partial charge in [-0.2, -0.15) is 13.2 Å². The Morgan fingerprint density at radius 1 is 0.818 bits per heavy atom. The predicted octanol–water partition coefficient (Wildman–Crippen LogP) is 2.70. The molecule has 0 spiro atoms. The number of hydrogen-bond donors (Lipinski definition) is 4. The number of aliphatic carboxylic acids is 1. The van der Waals surface area contributed by atoms with E-state index in [4.69, 9.17) is 31.8 Å². The Labute approximate surface area is 184 Å². The van der Waals surface area contributed by atoms with Crippen LogP contribution < -0.4 is 21.9 Å². The third kappa shape index (κ3) is 7.24. The first-order chi connectivity index (χ1) is 15.4. The zero-order chi connectivity index (χ0) is 24.8. The Hall–Kier alpha value is -4.61. The van der Waals surface area contributed by atoms with E-state index < -0.39 is 24.0 Å². The van der Waals surface area contributed by atoms with Crippen molar-refractivity contribution in [2.24, 2.45) is 22.2 Å². The highest BCUT2D eigenvalue weighted by Crippen LogP contribution is 2.23. The van der Waals surface area contributed by atoms with Gasteiger partial charge in [0.25, 0.3) is 0 Å². The maximum atomic E-state index is 12.3. The van der Waals surface area contributed by atoms with Crippen molar-refractivity contribution in [1.82, 2.24) is 0 Å². The van der Waals surface area contributed by atoms with Gasteiger partial charge in [0.2, 0.25) is 5.91 Å². The van der Waals surface area contributed by atoms with Crippen molar-refractivity contribution in [3.63, 3.8) is 0 Å². The van der Waals surface area contributed by atoms with E-state index in [0.717, 1.165) is 10.8 Å². The monoisotopic (exact) mass is 462 g/mol. The summed E-state index contributed by atoms with van der Waals surface area (Å²) in [6.07, 6.45) is -5.08. The van der Waals surface area contributed by atoms with Crippen molar-refractivity contribution in [3.8, 4) is 5.75 Å². The van der Waals surface area contributed by atoms with Gasteiger partial charge in [0.1, 0.15) is 5.75 Å². The molecule has 0 saturated carbocycles. The van der Waals surface area contributed by atoms with Gasteiger partial charge in [-0.3, -0.25) is 4.79 Å². The number of nitrogens with zero attached hydrogens (tertiary/aromatic N) is 1. The number of amides is 1. The molecule has 0 aliphatic carbocycles. The van der Waals surface area contributed by atoms with E-state index in [1.165, 1.54) is 0 Å². The van der Waals surface area contributed by atoms with Crippen molar-refractivity contribution in [1.29, 1.82) is 0 Å². The van der Waals surface area contributed by atoms with Crippen molar-refractivity contribution >= 4 is 40.3 Å². The highest BCUT2D eigenvalue weighted by Gasteiger charge is 2.38. The van der Waals surface area contributed by atoms with Gasteiger partial charge in [0, 0.05) is 5.56 Å². The van der Waals surface area contributed by atoms with Crippen LogP contribution in [0.1, 0.15) is 20.7 Å². The number of carbonyl (C=O) groups is 3. The van der Waals surface area contributed by atoms with Crippen molar-refractivity contribution in [3.05, 3.63) is 71.8 Å². The van der Waals surface area contributed by atoms with Gasteiger partial charge >= 0.3 is 18.1 Å². The Morgan fingerprint density at radius 2 is 1.33 bits per heavy atom. The van der Waals surface area contributed by atoms with Crippen LogP contribution in [0, 0.1) is 0 Å². The number of ether oxygens (including phenoxy) is 1. The second-order valence-corrected chi connectivity index (χ2v) is 6.36. The minimum absolute atomic E-state index is 0.0593. The number of fused-ring (bicyclic) bond motifs is 1. The topological polar surface area (TPSA) is 171 Å². The lowest BCUT2D eigenvalue weighted by molar-refractivity contribution is -0.192. The molecule has 3 rings (SSSR count). The Kier molecular flexibility index (Phi) is 7.57. The molecule has 0 aliphatic heterocycles. The third-order valence-corrected chi connectivity index (χ3v) is 3.91. The van der Waals surface area contributed by atoms with Gasteiger partial charge in [0.15, 0.2) is 5.96 Å². The molecule has 172 valence electrons. The van der Waals surface area contributed by atoms with E-state index in [9.17, 15) is 22.8 Å². The lowest BCUT2D eigenvalue weighted by Crippen LogP contribution is -2.21. The third-order valence-electron chi connectivity index (χ3n) is 3.91. The van der Waals surface area contributed by atoms with Crippen LogP contribution in [0.15, 0.2) is 65.7 Å². The highest BCUT2D eigenvalue weighted by molar-refractivity contribution is 5.98. The van der Waals surface area contributed by atoms with Crippen LogP contribution in [0.5, 0.6) is 5.75 Å². The number of carbonyl (C=O) groups excluding carboxylic acids is 2. The van der Waals surface area contributed by atoms with Crippen molar-refractivity contribution in [2.45, 2.75) is 6.18 Å². The fraction of sp³-hybridized carbons (Fsp3) is 0.0476. The van der Waals surface area contributed by atoms with E-state index in [0.29, 0.717) is 22.6 Å². The van der Waals surface area contributed by atoms with Crippen molar-refractivity contribution < 1.29 is 37.4 Å². The summed E-state index contributed by atoms with van der Waals surface area (Å²) in [5, 5.41) is 8.77. The minimum atomic E-state index is -5.08. The molecular weight excluding hydrogens is 445 g/mol. The molecule has 3 aromatic rings. The first-order valence-electron chi connectivity index (χ1n) is 8.92. The summed E-state index contributed by atoms with van der Waals surface area (Å²) < 4.78 is 37.1. The minimum Gasteiger partial charge on any atom is -0.475 e. The molecular formula is C21H17F3N4O5. The summed E-state index contributed by atoms with van der Waals surface area (Å²) in [6, 6.07) is 16.6. The average molecular weight is 462 g/mol. The second kappa shape index (κ2) is 10.1. The molecule has 0 aromatic heterocycles. The first-order valence-corrected chi connectivity index (χ1v) is 8.92. The van der Waals surface area contributed by atoms with Crippen LogP contribution >= 0.6 is 0 Å². The zero-order valence-corrected chi connectivity index (χ0v) is 16.7. The summed E-state index contributed by atoms with van der Waals surface area (Å²) in [4.78, 5) is 36.3. The Morgan fingerprint density at radius 3 is 1.85 bits per heavy atom. The van der Waals surface area contributed by atoms with Crippen molar-refractivity contribution in [2.75, 3.05) is 0 Å². The lowest BCUT2D eigenvalue weighted by Gasteiger charge is -2.07. The molecule has 0 fully saturated rings. The first kappa shape index (κ1) is 24.7. The van der Waals surface area contributed by atoms with Crippen LogP contribution in [0.25, 0.3) is 10.8 Å². The number of aliphatic imine (C=N–C) groups is 1. The molecule has 0 saturated heterocycles.